The van der Waals surface area contributed by atoms with Gasteiger partial charge in [0.2, 0.25) is 11.8 Å². The number of carbonyl (C=O) groups is 4. The van der Waals surface area contributed by atoms with Crippen molar-refractivity contribution in [3.05, 3.63) is 147 Å². The third-order valence-corrected chi connectivity index (χ3v) is 13.7. The molecule has 2 heterocycles. The highest BCUT2D eigenvalue weighted by molar-refractivity contribution is 6.36. The maximum atomic E-state index is 15.6. The van der Waals surface area contributed by atoms with Gasteiger partial charge in [-0.3, -0.25) is 29.5 Å². The van der Waals surface area contributed by atoms with Gasteiger partial charge in [0.25, 0.3) is 11.8 Å². The molecule has 3 fully saturated rings. The van der Waals surface area contributed by atoms with Crippen LogP contribution in [-0.4, -0.2) is 62.2 Å². The van der Waals surface area contributed by atoms with E-state index in [1.54, 1.807) is 80.9 Å². The van der Waals surface area contributed by atoms with Gasteiger partial charge in [0.05, 0.1) is 68.0 Å². The summed E-state index contributed by atoms with van der Waals surface area (Å²) in [6, 6.07) is 29.3. The van der Waals surface area contributed by atoms with Gasteiger partial charge >= 0.3 is 0 Å². The van der Waals surface area contributed by atoms with Crippen LogP contribution >= 0.6 is 23.2 Å². The van der Waals surface area contributed by atoms with Crippen LogP contribution in [0.15, 0.2) is 115 Å². The van der Waals surface area contributed by atoms with Gasteiger partial charge in [-0.2, -0.15) is 5.01 Å². The molecule has 0 aromatic heterocycles. The summed E-state index contributed by atoms with van der Waals surface area (Å²) < 4.78 is 22.0. The Morgan fingerprint density at radius 3 is 2.14 bits per heavy atom. The summed E-state index contributed by atoms with van der Waals surface area (Å²) in [4.78, 5) is 61.3. The summed E-state index contributed by atoms with van der Waals surface area (Å²) in [6.45, 7) is 0. The number of halogens is 2. The zero-order valence-corrected chi connectivity index (χ0v) is 36.7. The second-order valence-electron chi connectivity index (χ2n) is 16.2. The topological polar surface area (TPSA) is 144 Å². The number of phenolic OH excluding ortho intramolecular Hbond substituents is 1. The molecule has 1 saturated carbocycles. The number of para-hydroxylation sites is 1. The van der Waals surface area contributed by atoms with Crippen molar-refractivity contribution < 1.29 is 43.2 Å². The Kier molecular flexibility index (Phi) is 11.1. The predicted molar refractivity (Wildman–Crippen MR) is 243 cm³/mol. The first-order valence-electron chi connectivity index (χ1n) is 20.6. The summed E-state index contributed by atoms with van der Waals surface area (Å²) in [7, 11) is 6.15. The summed E-state index contributed by atoms with van der Waals surface area (Å²) in [6.07, 6.45) is 5.95. The molecule has 2 aliphatic carbocycles. The third-order valence-electron chi connectivity index (χ3n) is 13.2. The number of hydrazine groups is 1. The average molecular weight is 901 g/mol. The maximum Gasteiger partial charge on any atom is 0.260 e. The molecule has 12 nitrogen and oxygen atoms in total. The number of benzene rings is 5. The highest BCUT2D eigenvalue weighted by Crippen LogP contribution is 2.65. The van der Waals surface area contributed by atoms with Crippen molar-refractivity contribution in [2.24, 2.45) is 23.7 Å². The maximum absolute atomic E-state index is 15.6. The van der Waals surface area contributed by atoms with Crippen molar-refractivity contribution in [3.8, 4) is 28.7 Å². The van der Waals surface area contributed by atoms with E-state index in [0.717, 1.165) is 16.1 Å². The molecule has 64 heavy (non-hydrogen) atoms. The molecule has 326 valence electrons. The smallest absolute Gasteiger partial charge is 0.260 e. The first kappa shape index (κ1) is 42.5. The van der Waals surface area contributed by atoms with E-state index in [0.29, 0.717) is 44.7 Å². The SMILES string of the molecule is COc1ccc([C@@]23C(=O)N(Nc4ccc(Cl)cc4Cl)C(=O)[C@@H]2C[C@@H]2C(=CC[C@@H]4C(=O)N(c5ccc(C=Cc6cc(OC)ccc6OC)cc5)C(=O)[C@@H]42)[C@@H]3c2cccc(OC)c2O)cc1. The summed E-state index contributed by atoms with van der Waals surface area (Å²) >= 11 is 12.8. The molecule has 0 spiro atoms. The Morgan fingerprint density at radius 2 is 1.45 bits per heavy atom. The van der Waals surface area contributed by atoms with Crippen LogP contribution in [0.25, 0.3) is 12.2 Å². The number of hydrogen-bond acceptors (Lipinski definition) is 10. The van der Waals surface area contributed by atoms with E-state index in [-0.39, 0.29) is 41.0 Å². The largest absolute Gasteiger partial charge is 0.504 e. The predicted octanol–water partition coefficient (Wildman–Crippen LogP) is 9.09. The number of methoxy groups -OCH3 is 4. The molecular weight excluding hydrogens is 857 g/mol. The van der Waals surface area contributed by atoms with Gasteiger partial charge in [-0.15, -0.1) is 0 Å². The fraction of sp³-hybridized carbons (Fsp3) is 0.240. The van der Waals surface area contributed by atoms with E-state index >= 15 is 9.59 Å². The minimum Gasteiger partial charge on any atom is -0.504 e. The van der Waals surface area contributed by atoms with Crippen molar-refractivity contribution in [1.82, 2.24) is 5.01 Å². The molecule has 2 N–H and O–H groups in total. The lowest BCUT2D eigenvalue weighted by molar-refractivity contribution is -0.138. The van der Waals surface area contributed by atoms with Gasteiger partial charge in [-0.05, 0) is 96.6 Å². The van der Waals surface area contributed by atoms with E-state index in [4.69, 9.17) is 42.1 Å². The highest BCUT2D eigenvalue weighted by Gasteiger charge is 2.70. The van der Waals surface area contributed by atoms with Gasteiger partial charge < -0.3 is 24.1 Å². The highest BCUT2D eigenvalue weighted by atomic mass is 35.5. The van der Waals surface area contributed by atoms with Crippen LogP contribution in [0.4, 0.5) is 11.4 Å². The second-order valence-corrected chi connectivity index (χ2v) is 17.0. The number of allylic oxidation sites excluding steroid dienone is 2. The number of imide groups is 2. The molecule has 4 amide bonds. The van der Waals surface area contributed by atoms with Crippen LogP contribution in [0.1, 0.15) is 41.0 Å². The first-order chi connectivity index (χ1) is 30.9. The molecule has 9 rings (SSSR count). The van der Waals surface area contributed by atoms with Crippen LogP contribution in [0.3, 0.4) is 0 Å². The number of ether oxygens (including phenoxy) is 4. The number of nitrogens with zero attached hydrogens (tertiary/aromatic N) is 2. The number of fused-ring (bicyclic) bond motifs is 4. The third kappa shape index (κ3) is 6.74. The Balaban J connectivity index is 1.13. The summed E-state index contributed by atoms with van der Waals surface area (Å²) in [5.41, 5.74) is 5.11. The standard InChI is InChI=1S/C50H43Cl2N3O9/c1-61-32-17-12-29(13-18-32)50-38(47(58)55(49(50)60)53-40-22-14-30(51)25-39(40)52)26-37-34(44(50)36-6-5-7-42(64-4)45(36)56)20-21-35-43(37)48(59)54(46(35)57)31-15-9-27(10-16-31)8-11-28-24-33(62-2)19-23-41(28)63-3/h5-20,22-25,35,37-38,43-44,53,56H,21,26H2,1-4H3/t35-,37+,38-,43-,44+,50+/m0/s1. The summed E-state index contributed by atoms with van der Waals surface area (Å²) in [5, 5.41) is 13.5. The number of hydrogen-bond donors (Lipinski definition) is 2. The van der Waals surface area contributed by atoms with Crippen molar-refractivity contribution in [1.29, 1.82) is 0 Å². The number of phenols is 1. The first-order valence-corrected chi connectivity index (χ1v) is 21.4. The fourth-order valence-corrected chi connectivity index (χ4v) is 10.7. The lowest BCUT2D eigenvalue weighted by Gasteiger charge is -2.50. The fourth-order valence-electron chi connectivity index (χ4n) is 10.3. The number of amides is 4. The number of nitrogens with one attached hydrogen (secondary N) is 1. The number of rotatable bonds is 11. The monoisotopic (exact) mass is 899 g/mol. The van der Waals surface area contributed by atoms with Gasteiger partial charge in [0, 0.05) is 22.1 Å². The molecular formula is C50H43Cl2N3O9. The lowest BCUT2D eigenvalue weighted by atomic mass is 9.49. The van der Waals surface area contributed by atoms with E-state index in [1.165, 1.54) is 25.2 Å². The number of anilines is 2. The molecule has 2 aliphatic heterocycles. The van der Waals surface area contributed by atoms with Gasteiger partial charge in [-0.1, -0.05) is 83.4 Å². The zero-order chi connectivity index (χ0) is 45.0. The quantitative estimate of drug-likeness (QED) is 0.0749. The van der Waals surface area contributed by atoms with E-state index < -0.39 is 52.7 Å². The molecule has 0 unspecified atom stereocenters. The van der Waals surface area contributed by atoms with Crippen LogP contribution in [-0.2, 0) is 24.6 Å². The number of aromatic hydroxyl groups is 1. The van der Waals surface area contributed by atoms with Crippen LogP contribution < -0.4 is 29.3 Å². The molecule has 5 aromatic carbocycles. The minimum atomic E-state index is -1.67. The normalized spacial score (nSPS) is 23.7. The molecule has 5 aromatic rings. The van der Waals surface area contributed by atoms with Crippen molar-refractivity contribution >= 4 is 70.4 Å². The molecule has 0 radical (unpaired) electrons. The molecule has 0 bridgehead atoms. The average Bonchev–Trinajstić information content (AvgIpc) is 3.69. The van der Waals surface area contributed by atoms with Crippen LogP contribution in [0, 0.1) is 23.7 Å². The summed E-state index contributed by atoms with van der Waals surface area (Å²) in [5.74, 6) is -4.46. The molecule has 4 aliphatic rings. The zero-order valence-electron chi connectivity index (χ0n) is 35.2. The van der Waals surface area contributed by atoms with Gasteiger partial charge in [-0.25, -0.2) is 0 Å². The molecule has 14 heteroatoms. The van der Waals surface area contributed by atoms with Gasteiger partial charge in [0.15, 0.2) is 11.5 Å². The van der Waals surface area contributed by atoms with Crippen molar-refractivity contribution in [2.75, 3.05) is 38.8 Å². The lowest BCUT2D eigenvalue weighted by Crippen LogP contribution is -2.53. The Labute approximate surface area is 379 Å². The minimum absolute atomic E-state index is 0.0433. The Morgan fingerprint density at radius 1 is 0.734 bits per heavy atom. The molecule has 2 saturated heterocycles. The van der Waals surface area contributed by atoms with Crippen LogP contribution in [0.5, 0.6) is 28.7 Å². The Bertz CT molecular complexity index is 2770. The van der Waals surface area contributed by atoms with Gasteiger partial charge in [0.1, 0.15) is 17.2 Å². The Hall–Kier alpha value is -6.76. The second kappa shape index (κ2) is 16.7. The van der Waals surface area contributed by atoms with E-state index in [1.807, 2.05) is 48.6 Å². The molecule has 6 atom stereocenters. The van der Waals surface area contributed by atoms with Crippen molar-refractivity contribution in [2.45, 2.75) is 24.2 Å². The van der Waals surface area contributed by atoms with E-state index in [2.05, 4.69) is 5.43 Å². The van der Waals surface area contributed by atoms with E-state index in [9.17, 15) is 14.7 Å². The van der Waals surface area contributed by atoms with Crippen LogP contribution in [0.2, 0.25) is 10.0 Å². The van der Waals surface area contributed by atoms with Crippen molar-refractivity contribution in [3.63, 3.8) is 0 Å². The number of carbonyl (C=O) groups excluding carboxylic acids is 4.